The fourth-order valence-corrected chi connectivity index (χ4v) is 4.38. The Labute approximate surface area is 194 Å². The van der Waals surface area contributed by atoms with Crippen molar-refractivity contribution >= 4 is 23.2 Å². The quantitative estimate of drug-likeness (QED) is 0.582. The van der Waals surface area contributed by atoms with Crippen LogP contribution in [0.3, 0.4) is 0 Å². The van der Waals surface area contributed by atoms with Gasteiger partial charge in [-0.3, -0.25) is 9.69 Å². The Bertz CT molecular complexity index is 1060. The number of benzene rings is 2. The van der Waals surface area contributed by atoms with Crippen LogP contribution in [-0.2, 0) is 11.3 Å². The Kier molecular flexibility index (Phi) is 7.25. The van der Waals surface area contributed by atoms with Crippen molar-refractivity contribution in [3.63, 3.8) is 0 Å². The van der Waals surface area contributed by atoms with E-state index in [1.165, 1.54) is 5.56 Å². The van der Waals surface area contributed by atoms with E-state index in [2.05, 4.69) is 26.3 Å². The normalized spacial score (nSPS) is 15.1. The Morgan fingerprint density at radius 1 is 1.00 bits per heavy atom. The van der Waals surface area contributed by atoms with Gasteiger partial charge in [0.15, 0.2) is 0 Å². The van der Waals surface area contributed by atoms with Gasteiger partial charge in [0.05, 0.1) is 22.8 Å². The molecule has 4 rings (SSSR count). The molecule has 1 aliphatic rings. The number of hydrogen-bond acceptors (Lipinski definition) is 4. The van der Waals surface area contributed by atoms with Crippen LogP contribution in [0.2, 0.25) is 5.02 Å². The molecule has 2 aromatic carbocycles. The number of rotatable bonds is 7. The molecule has 32 heavy (non-hydrogen) atoms. The number of amides is 1. The first-order valence-electron chi connectivity index (χ1n) is 11.1. The number of piperazine rings is 1. The average Bonchev–Trinajstić information content (AvgIpc) is 3.07. The highest BCUT2D eigenvalue weighted by atomic mass is 35.5. The van der Waals surface area contributed by atoms with Crippen molar-refractivity contribution < 1.29 is 4.79 Å². The molecular weight excluding hydrogens is 422 g/mol. The highest BCUT2D eigenvalue weighted by Gasteiger charge is 2.19. The summed E-state index contributed by atoms with van der Waals surface area (Å²) in [5, 5.41) is 8.48. The number of nitrogens with zero attached hydrogens (tertiary/aromatic N) is 4. The Morgan fingerprint density at radius 2 is 1.72 bits per heavy atom. The zero-order valence-corrected chi connectivity index (χ0v) is 19.5. The van der Waals surface area contributed by atoms with Crippen LogP contribution in [0.1, 0.15) is 23.4 Å². The van der Waals surface area contributed by atoms with Crippen molar-refractivity contribution in [3.8, 4) is 5.69 Å². The molecule has 3 aromatic rings. The fraction of sp³-hybridized carbons (Fsp3) is 0.360. The Balaban J connectivity index is 1.25. The van der Waals surface area contributed by atoms with E-state index in [0.717, 1.165) is 67.1 Å². The van der Waals surface area contributed by atoms with Gasteiger partial charge < -0.3 is 10.2 Å². The van der Waals surface area contributed by atoms with E-state index in [9.17, 15) is 4.79 Å². The summed E-state index contributed by atoms with van der Waals surface area (Å²) in [6, 6.07) is 18.0. The minimum Gasteiger partial charge on any atom is -0.323 e. The second-order valence-corrected chi connectivity index (χ2v) is 8.78. The van der Waals surface area contributed by atoms with Gasteiger partial charge in [-0.2, -0.15) is 5.10 Å². The van der Waals surface area contributed by atoms with Gasteiger partial charge in [-0.1, -0.05) is 41.9 Å². The number of nitrogens with one attached hydrogen (secondary N) is 1. The van der Waals surface area contributed by atoms with Crippen LogP contribution in [0.25, 0.3) is 5.69 Å². The van der Waals surface area contributed by atoms with Gasteiger partial charge in [0, 0.05) is 50.7 Å². The summed E-state index contributed by atoms with van der Waals surface area (Å²) in [6.07, 6.45) is 0.476. The van der Waals surface area contributed by atoms with Crippen LogP contribution < -0.4 is 5.32 Å². The van der Waals surface area contributed by atoms with Crippen LogP contribution in [0.4, 0.5) is 5.69 Å². The van der Waals surface area contributed by atoms with Crippen LogP contribution in [-0.4, -0.2) is 58.2 Å². The second kappa shape index (κ2) is 10.3. The number of aryl methyl sites for hydroxylation is 1. The molecule has 1 amide bonds. The van der Waals surface area contributed by atoms with Crippen molar-refractivity contribution in [2.75, 3.05) is 38.0 Å². The maximum atomic E-state index is 12.6. The minimum atomic E-state index is 0.0326. The summed E-state index contributed by atoms with van der Waals surface area (Å²) in [4.78, 5) is 17.4. The first-order valence-corrected chi connectivity index (χ1v) is 11.5. The average molecular weight is 452 g/mol. The zero-order chi connectivity index (χ0) is 22.5. The molecule has 1 fully saturated rings. The second-order valence-electron chi connectivity index (χ2n) is 8.34. The van der Waals surface area contributed by atoms with Crippen LogP contribution in [0.15, 0.2) is 54.6 Å². The molecule has 7 heteroatoms. The van der Waals surface area contributed by atoms with Crippen molar-refractivity contribution in [2.24, 2.45) is 0 Å². The first-order chi connectivity index (χ1) is 15.5. The predicted molar refractivity (Wildman–Crippen MR) is 129 cm³/mol. The molecule has 6 nitrogen and oxygen atoms in total. The number of aromatic nitrogens is 2. The molecule has 1 aliphatic heterocycles. The van der Waals surface area contributed by atoms with E-state index in [-0.39, 0.29) is 5.91 Å². The number of carbonyl (C=O) groups excluding carboxylic acids is 1. The third-order valence-electron chi connectivity index (χ3n) is 5.97. The van der Waals surface area contributed by atoms with Gasteiger partial charge in [-0.15, -0.1) is 0 Å². The van der Waals surface area contributed by atoms with Crippen molar-refractivity contribution in [2.45, 2.75) is 26.8 Å². The number of para-hydroxylation sites is 1. The molecule has 0 aliphatic carbocycles. The van der Waals surface area contributed by atoms with Gasteiger partial charge >= 0.3 is 0 Å². The molecule has 168 valence electrons. The molecule has 0 saturated carbocycles. The smallest absolute Gasteiger partial charge is 0.225 e. The van der Waals surface area contributed by atoms with Crippen LogP contribution in [0, 0.1) is 13.8 Å². The molecule has 0 bridgehead atoms. The van der Waals surface area contributed by atoms with Crippen molar-refractivity contribution in [3.05, 3.63) is 76.6 Å². The molecular formula is C25H30ClN5O. The maximum Gasteiger partial charge on any atom is 0.225 e. The topological polar surface area (TPSA) is 53.4 Å². The minimum absolute atomic E-state index is 0.0326. The van der Waals surface area contributed by atoms with Gasteiger partial charge in [0.2, 0.25) is 5.91 Å². The summed E-state index contributed by atoms with van der Waals surface area (Å²) < 4.78 is 1.88. The zero-order valence-electron chi connectivity index (χ0n) is 18.7. The van der Waals surface area contributed by atoms with Crippen molar-refractivity contribution in [1.82, 2.24) is 19.6 Å². The predicted octanol–water partition coefficient (Wildman–Crippen LogP) is 4.29. The Morgan fingerprint density at radius 3 is 2.44 bits per heavy atom. The van der Waals surface area contributed by atoms with E-state index in [1.54, 1.807) is 0 Å². The maximum absolute atomic E-state index is 12.6. The molecule has 1 N–H and O–H groups in total. The van der Waals surface area contributed by atoms with Gasteiger partial charge in [0.25, 0.3) is 0 Å². The molecule has 2 heterocycles. The first kappa shape index (κ1) is 22.5. The number of hydrogen-bond donors (Lipinski definition) is 1. The molecule has 1 saturated heterocycles. The number of anilines is 1. The monoisotopic (exact) mass is 451 g/mol. The lowest BCUT2D eigenvalue weighted by atomic mass is 10.2. The van der Waals surface area contributed by atoms with Crippen LogP contribution in [0.5, 0.6) is 0 Å². The largest absolute Gasteiger partial charge is 0.323 e. The van der Waals surface area contributed by atoms with E-state index in [0.29, 0.717) is 6.42 Å². The van der Waals surface area contributed by atoms with E-state index < -0.39 is 0 Å². The van der Waals surface area contributed by atoms with Crippen molar-refractivity contribution in [1.29, 1.82) is 0 Å². The van der Waals surface area contributed by atoms with Gasteiger partial charge in [-0.25, -0.2) is 4.68 Å². The summed E-state index contributed by atoms with van der Waals surface area (Å²) in [6.45, 7) is 9.53. The SMILES string of the molecule is Cc1nn(-c2ccccc2)c(C)c1NC(=O)CCN1CCN(Cc2cccc(Cl)c2)CC1. The lowest BCUT2D eigenvalue weighted by Gasteiger charge is -2.34. The highest BCUT2D eigenvalue weighted by Crippen LogP contribution is 2.23. The standard InChI is InChI=1S/C25H30ClN5O/c1-19-25(20(2)31(28-19)23-9-4-3-5-10-23)27-24(32)11-12-29-13-15-30(16-14-29)18-21-7-6-8-22(26)17-21/h3-10,17H,11-16,18H2,1-2H3,(H,27,32). The van der Waals surface area contributed by atoms with Gasteiger partial charge in [-0.05, 0) is 43.7 Å². The number of carbonyl (C=O) groups is 1. The summed E-state index contributed by atoms with van der Waals surface area (Å²) in [5.74, 6) is 0.0326. The van der Waals surface area contributed by atoms with E-state index in [4.69, 9.17) is 11.6 Å². The van der Waals surface area contributed by atoms with Crippen LogP contribution >= 0.6 is 11.6 Å². The van der Waals surface area contributed by atoms with E-state index in [1.807, 2.05) is 67.1 Å². The third kappa shape index (κ3) is 5.57. The summed E-state index contributed by atoms with van der Waals surface area (Å²) in [5.41, 5.74) is 4.81. The van der Waals surface area contributed by atoms with Gasteiger partial charge in [0.1, 0.15) is 0 Å². The molecule has 0 spiro atoms. The highest BCUT2D eigenvalue weighted by molar-refractivity contribution is 6.30. The molecule has 0 unspecified atom stereocenters. The molecule has 0 atom stereocenters. The summed E-state index contributed by atoms with van der Waals surface area (Å²) >= 11 is 6.10. The lowest BCUT2D eigenvalue weighted by Crippen LogP contribution is -2.46. The fourth-order valence-electron chi connectivity index (χ4n) is 4.17. The Hall–Kier alpha value is -2.67. The third-order valence-corrected chi connectivity index (χ3v) is 6.21. The summed E-state index contributed by atoms with van der Waals surface area (Å²) in [7, 11) is 0. The number of halogens is 1. The molecule has 0 radical (unpaired) electrons. The van der Waals surface area contributed by atoms with E-state index >= 15 is 0 Å². The molecule has 1 aromatic heterocycles. The lowest BCUT2D eigenvalue weighted by molar-refractivity contribution is -0.116.